The van der Waals surface area contributed by atoms with E-state index in [9.17, 15) is 9.90 Å². The zero-order valence-corrected chi connectivity index (χ0v) is 10.3. The van der Waals surface area contributed by atoms with Crippen molar-refractivity contribution in [1.29, 1.82) is 0 Å². The lowest BCUT2D eigenvalue weighted by atomic mass is 9.97. The minimum atomic E-state index is -0.692. The molecule has 1 aromatic rings. The molecule has 2 rings (SSSR count). The monoisotopic (exact) mass is 237 g/mol. The van der Waals surface area contributed by atoms with Gasteiger partial charge in [-0.05, 0) is 36.9 Å². The Kier molecular flexibility index (Phi) is 2.86. The molecule has 1 N–H and O–H groups in total. The Morgan fingerprint density at radius 2 is 2.31 bits per heavy atom. The van der Waals surface area contributed by atoms with E-state index in [1.54, 1.807) is 29.2 Å². The van der Waals surface area contributed by atoms with Crippen LogP contribution < -0.4 is 0 Å². The Balaban J connectivity index is 1.94. The molecule has 3 nitrogen and oxygen atoms in total. The maximum atomic E-state index is 11.7. The van der Waals surface area contributed by atoms with E-state index >= 15 is 0 Å². The summed E-state index contributed by atoms with van der Waals surface area (Å²) in [5.41, 5.74) is 0.493. The second-order valence-corrected chi connectivity index (χ2v) is 5.44. The van der Waals surface area contributed by atoms with Crippen molar-refractivity contribution in [2.45, 2.75) is 19.4 Å². The number of hydrogen-bond donors (Lipinski definition) is 1. The van der Waals surface area contributed by atoms with E-state index in [0.717, 1.165) is 4.88 Å². The minimum Gasteiger partial charge on any atom is -0.386 e. The normalized spacial score (nSPS) is 18.8. The van der Waals surface area contributed by atoms with Crippen molar-refractivity contribution in [2.24, 2.45) is 0 Å². The van der Waals surface area contributed by atoms with Crippen LogP contribution in [0.2, 0.25) is 0 Å². The number of thiophene rings is 1. The van der Waals surface area contributed by atoms with Crippen molar-refractivity contribution in [3.63, 3.8) is 0 Å². The fourth-order valence-corrected chi connectivity index (χ4v) is 2.56. The molecule has 1 aliphatic heterocycles. The molecule has 1 amide bonds. The first-order chi connectivity index (χ1) is 7.48. The van der Waals surface area contributed by atoms with E-state index in [-0.39, 0.29) is 5.91 Å². The predicted molar refractivity (Wildman–Crippen MR) is 65.3 cm³/mol. The zero-order chi connectivity index (χ0) is 11.8. The van der Waals surface area contributed by atoms with Crippen molar-refractivity contribution in [1.82, 2.24) is 4.90 Å². The molecule has 86 valence electrons. The standard InChI is InChI=1S/C12H15NO2S/c1-9-5-6-16-10(9)3-4-11(14)13-7-12(2,15)8-13/h3-6,15H,7-8H2,1-2H3. The molecule has 1 saturated heterocycles. The van der Waals surface area contributed by atoms with Gasteiger partial charge < -0.3 is 10.0 Å². The van der Waals surface area contributed by atoms with Crippen molar-refractivity contribution < 1.29 is 9.90 Å². The van der Waals surface area contributed by atoms with Crippen LogP contribution in [-0.2, 0) is 4.79 Å². The van der Waals surface area contributed by atoms with Crippen molar-refractivity contribution in [3.05, 3.63) is 28.0 Å². The van der Waals surface area contributed by atoms with Crippen LogP contribution in [0.3, 0.4) is 0 Å². The summed E-state index contributed by atoms with van der Waals surface area (Å²) in [6, 6.07) is 2.03. The molecular formula is C12H15NO2S. The number of aryl methyl sites for hydroxylation is 1. The van der Waals surface area contributed by atoms with Crippen LogP contribution >= 0.6 is 11.3 Å². The predicted octanol–water partition coefficient (Wildman–Crippen LogP) is 1.66. The van der Waals surface area contributed by atoms with Gasteiger partial charge in [-0.1, -0.05) is 0 Å². The quantitative estimate of drug-likeness (QED) is 0.795. The van der Waals surface area contributed by atoms with Crippen LogP contribution in [0, 0.1) is 6.92 Å². The highest BCUT2D eigenvalue weighted by atomic mass is 32.1. The molecule has 0 saturated carbocycles. The first kappa shape index (κ1) is 11.4. The smallest absolute Gasteiger partial charge is 0.246 e. The number of likely N-dealkylation sites (tertiary alicyclic amines) is 1. The van der Waals surface area contributed by atoms with Crippen LogP contribution in [0.5, 0.6) is 0 Å². The highest BCUT2D eigenvalue weighted by Gasteiger charge is 2.38. The van der Waals surface area contributed by atoms with E-state index in [1.165, 1.54) is 5.56 Å². The molecule has 0 bridgehead atoms. The van der Waals surface area contributed by atoms with Gasteiger partial charge in [-0.25, -0.2) is 0 Å². The fourth-order valence-electron chi connectivity index (χ4n) is 1.74. The summed E-state index contributed by atoms with van der Waals surface area (Å²) >= 11 is 1.62. The van der Waals surface area contributed by atoms with Gasteiger partial charge in [-0.2, -0.15) is 0 Å². The molecule has 0 atom stereocenters. The van der Waals surface area contributed by atoms with Crippen molar-refractivity contribution in [3.8, 4) is 0 Å². The summed E-state index contributed by atoms with van der Waals surface area (Å²) < 4.78 is 0. The molecule has 1 aromatic heterocycles. The zero-order valence-electron chi connectivity index (χ0n) is 9.43. The molecule has 16 heavy (non-hydrogen) atoms. The number of carbonyl (C=O) groups is 1. The Hall–Kier alpha value is -1.13. The largest absolute Gasteiger partial charge is 0.386 e. The molecular weight excluding hydrogens is 222 g/mol. The Labute approximate surface area is 99.0 Å². The van der Waals surface area contributed by atoms with Crippen molar-refractivity contribution >= 4 is 23.3 Å². The average molecular weight is 237 g/mol. The van der Waals surface area contributed by atoms with Crippen LogP contribution in [0.4, 0.5) is 0 Å². The second kappa shape index (κ2) is 4.03. The van der Waals surface area contributed by atoms with Crippen molar-refractivity contribution in [2.75, 3.05) is 13.1 Å². The number of aliphatic hydroxyl groups is 1. The number of nitrogens with zero attached hydrogens (tertiary/aromatic N) is 1. The van der Waals surface area contributed by atoms with Gasteiger partial charge in [0.2, 0.25) is 5.91 Å². The van der Waals surface area contributed by atoms with Gasteiger partial charge in [0.25, 0.3) is 0 Å². The first-order valence-electron chi connectivity index (χ1n) is 5.21. The second-order valence-electron chi connectivity index (χ2n) is 4.49. The fraction of sp³-hybridized carbons (Fsp3) is 0.417. The number of β-amino-alcohol motifs (C(OH)–C–C–N with tert-alkyl or cyclic N) is 1. The molecule has 0 spiro atoms. The number of rotatable bonds is 2. The van der Waals surface area contributed by atoms with E-state index in [2.05, 4.69) is 0 Å². The van der Waals surface area contributed by atoms with Crippen LogP contribution in [0.15, 0.2) is 17.5 Å². The lowest BCUT2D eigenvalue weighted by Gasteiger charge is -2.43. The van der Waals surface area contributed by atoms with Gasteiger partial charge in [0.1, 0.15) is 0 Å². The summed E-state index contributed by atoms with van der Waals surface area (Å²) in [5.74, 6) is -0.0284. The summed E-state index contributed by atoms with van der Waals surface area (Å²) in [4.78, 5) is 14.4. The van der Waals surface area contributed by atoms with Gasteiger partial charge in [0.05, 0.1) is 18.7 Å². The third kappa shape index (κ3) is 2.33. The van der Waals surface area contributed by atoms with E-state index in [0.29, 0.717) is 13.1 Å². The third-order valence-electron chi connectivity index (χ3n) is 2.65. The van der Waals surface area contributed by atoms with Crippen LogP contribution in [0.1, 0.15) is 17.4 Å². The molecule has 2 heterocycles. The maximum absolute atomic E-state index is 11.7. The van der Waals surface area contributed by atoms with Gasteiger partial charge in [-0.3, -0.25) is 4.79 Å². The summed E-state index contributed by atoms with van der Waals surface area (Å²) in [6.07, 6.45) is 3.42. The van der Waals surface area contributed by atoms with Gasteiger partial charge in [0.15, 0.2) is 0 Å². The minimum absolute atomic E-state index is 0.0284. The molecule has 1 aliphatic rings. The molecule has 0 aromatic carbocycles. The number of hydrogen-bond acceptors (Lipinski definition) is 3. The van der Waals surface area contributed by atoms with Crippen LogP contribution in [0.25, 0.3) is 6.08 Å². The molecule has 0 unspecified atom stereocenters. The number of carbonyl (C=O) groups excluding carboxylic acids is 1. The Morgan fingerprint density at radius 3 is 2.81 bits per heavy atom. The molecule has 1 fully saturated rings. The molecule has 0 radical (unpaired) electrons. The van der Waals surface area contributed by atoms with E-state index in [1.807, 2.05) is 24.4 Å². The van der Waals surface area contributed by atoms with Crippen LogP contribution in [-0.4, -0.2) is 34.6 Å². The SMILES string of the molecule is Cc1ccsc1C=CC(=O)N1CC(C)(O)C1. The Morgan fingerprint density at radius 1 is 1.62 bits per heavy atom. The summed E-state index contributed by atoms with van der Waals surface area (Å²) in [7, 11) is 0. The maximum Gasteiger partial charge on any atom is 0.246 e. The molecule has 0 aliphatic carbocycles. The van der Waals surface area contributed by atoms with Gasteiger partial charge >= 0.3 is 0 Å². The average Bonchev–Trinajstić information content (AvgIpc) is 2.56. The summed E-state index contributed by atoms with van der Waals surface area (Å²) in [6.45, 7) is 4.62. The van der Waals surface area contributed by atoms with E-state index < -0.39 is 5.60 Å². The lowest BCUT2D eigenvalue weighted by molar-refractivity contribution is -0.146. The number of amides is 1. The van der Waals surface area contributed by atoms with Gasteiger partial charge in [0, 0.05) is 11.0 Å². The highest BCUT2D eigenvalue weighted by Crippen LogP contribution is 2.21. The first-order valence-corrected chi connectivity index (χ1v) is 6.09. The van der Waals surface area contributed by atoms with E-state index in [4.69, 9.17) is 0 Å². The topological polar surface area (TPSA) is 40.5 Å². The van der Waals surface area contributed by atoms with Gasteiger partial charge in [-0.15, -0.1) is 11.3 Å². The third-order valence-corrected chi connectivity index (χ3v) is 3.64. The Bertz CT molecular complexity index is 426. The highest BCUT2D eigenvalue weighted by molar-refractivity contribution is 7.11. The molecule has 4 heteroatoms. The summed E-state index contributed by atoms with van der Waals surface area (Å²) in [5, 5.41) is 11.5. The lowest BCUT2D eigenvalue weighted by Crippen LogP contribution is -2.61.